The Morgan fingerprint density at radius 1 is 0.774 bits per heavy atom. The zero-order valence-corrected chi connectivity index (χ0v) is 18.2. The van der Waals surface area contributed by atoms with E-state index in [1.165, 1.54) is 9.79 Å². The zero-order valence-electron chi connectivity index (χ0n) is 17.3. The highest BCUT2D eigenvalue weighted by Crippen LogP contribution is 2.49. The predicted octanol–water partition coefficient (Wildman–Crippen LogP) is 5.74. The van der Waals surface area contributed by atoms with Crippen molar-refractivity contribution in [3.8, 4) is 0 Å². The average molecular weight is 425 g/mol. The summed E-state index contributed by atoms with van der Waals surface area (Å²) in [5, 5.41) is 0. The van der Waals surface area contributed by atoms with Crippen LogP contribution in [0.1, 0.15) is 6.92 Å². The van der Waals surface area contributed by atoms with Crippen LogP contribution < -0.4 is 4.90 Å². The van der Waals surface area contributed by atoms with Gasteiger partial charge in [0.15, 0.2) is 0 Å². The third-order valence-electron chi connectivity index (χ3n) is 6.85. The number of anilines is 2. The number of nitrogens with zero attached hydrogens (tertiary/aromatic N) is 2. The first kappa shape index (κ1) is 18.8. The molecule has 4 aliphatic rings. The van der Waals surface area contributed by atoms with Crippen LogP contribution in [0.2, 0.25) is 0 Å². The summed E-state index contributed by atoms with van der Waals surface area (Å²) in [6.07, 6.45) is 17.3. The fourth-order valence-electron chi connectivity index (χ4n) is 5.46. The smallest absolute Gasteiger partial charge is 0.246 e. The molecule has 1 saturated heterocycles. The van der Waals surface area contributed by atoms with Crippen LogP contribution >= 0.6 is 11.8 Å². The molecule has 154 valence electrons. The quantitative estimate of drug-likeness (QED) is 0.614. The average Bonchev–Trinajstić information content (AvgIpc) is 3.16. The first-order valence-corrected chi connectivity index (χ1v) is 11.7. The van der Waals surface area contributed by atoms with E-state index in [-0.39, 0.29) is 24.0 Å². The fraction of sp³-hybridized carbons (Fsp3) is 0.222. The highest BCUT2D eigenvalue weighted by molar-refractivity contribution is 7.99. The lowest BCUT2D eigenvalue weighted by Gasteiger charge is -2.40. The summed E-state index contributed by atoms with van der Waals surface area (Å²) in [6.45, 7) is 2.05. The summed E-state index contributed by atoms with van der Waals surface area (Å²) in [5.41, 5.74) is 2.22. The van der Waals surface area contributed by atoms with Crippen LogP contribution in [0.4, 0.5) is 11.4 Å². The standard InChI is InChI=1S/C27H24N2OS/c1-18(28-23-14-6-8-16-25(23)31-26-17-9-7-15-24(26)28)27(30)29-21-12-4-2-10-19(21)20-11-3-5-13-22(20)29/h2-22H,1H3. The molecule has 0 bridgehead atoms. The van der Waals surface area contributed by atoms with Crippen LogP contribution in [0, 0.1) is 11.8 Å². The molecule has 2 aliphatic carbocycles. The number of carbonyl (C=O) groups excluding carboxylic acids is 1. The Balaban J connectivity index is 1.41. The van der Waals surface area contributed by atoms with Crippen molar-refractivity contribution >= 4 is 29.0 Å². The molecule has 0 spiro atoms. The van der Waals surface area contributed by atoms with Gasteiger partial charge in [0.1, 0.15) is 6.04 Å². The largest absolute Gasteiger partial charge is 0.327 e. The molecule has 4 heteroatoms. The number of fused-ring (bicyclic) bond motifs is 5. The molecule has 0 aromatic heterocycles. The molecule has 2 aromatic rings. The van der Waals surface area contributed by atoms with E-state index in [0.29, 0.717) is 11.8 Å². The van der Waals surface area contributed by atoms with Gasteiger partial charge in [-0.3, -0.25) is 4.79 Å². The lowest BCUT2D eigenvalue weighted by atomic mass is 9.83. The molecule has 6 rings (SSSR count). The van der Waals surface area contributed by atoms with Crippen LogP contribution in [0.3, 0.4) is 0 Å². The van der Waals surface area contributed by atoms with E-state index in [9.17, 15) is 4.79 Å². The third kappa shape index (κ3) is 2.85. The van der Waals surface area contributed by atoms with E-state index in [1.807, 2.05) is 0 Å². The summed E-state index contributed by atoms with van der Waals surface area (Å²) in [5.74, 6) is 0.853. The van der Waals surface area contributed by atoms with Gasteiger partial charge in [0.05, 0.1) is 23.5 Å². The molecule has 2 aromatic carbocycles. The summed E-state index contributed by atoms with van der Waals surface area (Å²) < 4.78 is 0. The monoisotopic (exact) mass is 424 g/mol. The lowest BCUT2D eigenvalue weighted by Crippen LogP contribution is -2.51. The third-order valence-corrected chi connectivity index (χ3v) is 7.98. The van der Waals surface area contributed by atoms with Gasteiger partial charge in [-0.25, -0.2) is 0 Å². The number of allylic oxidation sites excluding steroid dienone is 4. The summed E-state index contributed by atoms with van der Waals surface area (Å²) in [6, 6.07) is 16.7. The van der Waals surface area contributed by atoms with Crippen molar-refractivity contribution in [2.75, 3.05) is 4.90 Å². The number of rotatable bonds is 2. The Morgan fingerprint density at radius 3 is 1.81 bits per heavy atom. The first-order chi connectivity index (χ1) is 15.2. The molecule has 1 fully saturated rings. The second kappa shape index (κ2) is 7.31. The number of para-hydroxylation sites is 2. The number of hydrogen-bond donors (Lipinski definition) is 0. The number of likely N-dealkylation sites (tertiary alicyclic amines) is 1. The van der Waals surface area contributed by atoms with Crippen LogP contribution in [-0.4, -0.2) is 28.9 Å². The van der Waals surface area contributed by atoms with E-state index >= 15 is 0 Å². The van der Waals surface area contributed by atoms with Crippen molar-refractivity contribution in [2.24, 2.45) is 11.8 Å². The van der Waals surface area contributed by atoms with Gasteiger partial charge in [-0.15, -0.1) is 0 Å². The highest BCUT2D eigenvalue weighted by atomic mass is 32.2. The zero-order chi connectivity index (χ0) is 20.9. The molecule has 2 aliphatic heterocycles. The lowest BCUT2D eigenvalue weighted by molar-refractivity contribution is -0.133. The van der Waals surface area contributed by atoms with Gasteiger partial charge in [0.2, 0.25) is 5.91 Å². The van der Waals surface area contributed by atoms with Gasteiger partial charge in [0.25, 0.3) is 0 Å². The Kier molecular flexibility index (Phi) is 4.43. The van der Waals surface area contributed by atoms with Crippen molar-refractivity contribution in [1.29, 1.82) is 0 Å². The van der Waals surface area contributed by atoms with E-state index < -0.39 is 0 Å². The summed E-state index contributed by atoms with van der Waals surface area (Å²) >= 11 is 1.78. The minimum Gasteiger partial charge on any atom is -0.327 e. The normalized spacial score (nSPS) is 28.0. The van der Waals surface area contributed by atoms with Crippen molar-refractivity contribution < 1.29 is 4.79 Å². The maximum absolute atomic E-state index is 14.1. The van der Waals surface area contributed by atoms with E-state index in [4.69, 9.17) is 0 Å². The first-order valence-electron chi connectivity index (χ1n) is 10.9. The van der Waals surface area contributed by atoms with Crippen LogP contribution in [-0.2, 0) is 4.79 Å². The minimum absolute atomic E-state index is 0.104. The Hall–Kier alpha value is -2.98. The molecular weight excluding hydrogens is 400 g/mol. The fourth-order valence-corrected chi connectivity index (χ4v) is 6.53. The molecule has 3 nitrogen and oxygen atoms in total. The molecule has 5 atom stereocenters. The molecule has 2 heterocycles. The van der Waals surface area contributed by atoms with Crippen molar-refractivity contribution in [3.63, 3.8) is 0 Å². The number of carbonyl (C=O) groups is 1. The van der Waals surface area contributed by atoms with Crippen LogP contribution in [0.15, 0.2) is 107 Å². The number of benzene rings is 2. The molecular formula is C27H24N2OS. The van der Waals surface area contributed by atoms with Crippen molar-refractivity contribution in [1.82, 2.24) is 4.90 Å². The highest BCUT2D eigenvalue weighted by Gasteiger charge is 2.49. The maximum atomic E-state index is 14.1. The Bertz CT molecular complexity index is 1080. The predicted molar refractivity (Wildman–Crippen MR) is 127 cm³/mol. The van der Waals surface area contributed by atoms with Crippen LogP contribution in [0.25, 0.3) is 0 Å². The van der Waals surface area contributed by atoms with Gasteiger partial charge < -0.3 is 9.80 Å². The molecule has 1 amide bonds. The van der Waals surface area contributed by atoms with E-state index in [1.54, 1.807) is 11.8 Å². The van der Waals surface area contributed by atoms with Gasteiger partial charge >= 0.3 is 0 Å². The number of amides is 1. The maximum Gasteiger partial charge on any atom is 0.246 e. The Labute approximate surface area is 187 Å². The Morgan fingerprint density at radius 2 is 1.26 bits per heavy atom. The van der Waals surface area contributed by atoms with Gasteiger partial charge in [-0.1, -0.05) is 84.6 Å². The molecule has 31 heavy (non-hydrogen) atoms. The molecule has 0 N–H and O–H groups in total. The number of hydrogen-bond acceptors (Lipinski definition) is 3. The van der Waals surface area contributed by atoms with Gasteiger partial charge in [-0.05, 0) is 31.2 Å². The molecule has 0 saturated carbocycles. The van der Waals surface area contributed by atoms with Gasteiger partial charge in [-0.2, -0.15) is 0 Å². The molecule has 5 unspecified atom stereocenters. The van der Waals surface area contributed by atoms with E-state index in [2.05, 4.69) is 114 Å². The second-order valence-electron chi connectivity index (χ2n) is 8.50. The van der Waals surface area contributed by atoms with Crippen molar-refractivity contribution in [2.45, 2.75) is 34.8 Å². The van der Waals surface area contributed by atoms with E-state index in [0.717, 1.165) is 11.4 Å². The summed E-state index contributed by atoms with van der Waals surface area (Å²) in [7, 11) is 0. The van der Waals surface area contributed by atoms with Gasteiger partial charge in [0, 0.05) is 21.6 Å². The van der Waals surface area contributed by atoms with Crippen LogP contribution in [0.5, 0.6) is 0 Å². The minimum atomic E-state index is -0.304. The van der Waals surface area contributed by atoms with Crippen molar-refractivity contribution in [3.05, 3.63) is 97.1 Å². The SMILES string of the molecule is CC(C(=O)N1C2C=CC=CC2C2C=CC=CC21)N1c2ccccc2Sc2ccccc21. The molecule has 0 radical (unpaired) electrons. The summed E-state index contributed by atoms with van der Waals surface area (Å²) in [4.78, 5) is 20.9. The topological polar surface area (TPSA) is 23.6 Å². The second-order valence-corrected chi connectivity index (χ2v) is 9.59.